The molecule has 5 heterocycles. The maximum absolute atomic E-state index is 14.0. The zero-order valence-electron chi connectivity index (χ0n) is 20.5. The first kappa shape index (κ1) is 24.7. The van der Waals surface area contributed by atoms with Crippen LogP contribution in [0, 0.1) is 11.8 Å². The van der Waals surface area contributed by atoms with Gasteiger partial charge in [-0.2, -0.15) is 0 Å². The average Bonchev–Trinajstić information content (AvgIpc) is 3.17. The third-order valence-electron chi connectivity index (χ3n) is 8.41. The van der Waals surface area contributed by atoms with E-state index in [9.17, 15) is 25.2 Å². The first-order chi connectivity index (χ1) is 17.8. The summed E-state index contributed by atoms with van der Waals surface area (Å²) in [6.45, 7) is 4.29. The molecule has 0 saturated carbocycles. The molecule has 4 aliphatic heterocycles. The van der Waals surface area contributed by atoms with Crippen LogP contribution < -0.4 is 0 Å². The van der Waals surface area contributed by atoms with Gasteiger partial charge in [0, 0.05) is 29.5 Å². The number of aliphatic hydroxyl groups excluding tert-OH is 4. The summed E-state index contributed by atoms with van der Waals surface area (Å²) in [5.41, 5.74) is 3.63. The van der Waals surface area contributed by atoms with E-state index in [0.29, 0.717) is 12.0 Å². The molecule has 10 heteroatoms. The van der Waals surface area contributed by atoms with E-state index < -0.39 is 49.5 Å². The lowest BCUT2D eigenvalue weighted by molar-refractivity contribution is -0.339. The molecule has 0 spiro atoms. The van der Waals surface area contributed by atoms with Gasteiger partial charge >= 0.3 is 0 Å². The zero-order chi connectivity index (χ0) is 26.0. The normalized spacial score (nSPS) is 37.8. The summed E-state index contributed by atoms with van der Waals surface area (Å²) in [5, 5.41) is 41.4. The summed E-state index contributed by atoms with van der Waals surface area (Å²) in [4.78, 5) is 16.3. The van der Waals surface area contributed by atoms with Crippen molar-refractivity contribution in [1.29, 1.82) is 0 Å². The highest BCUT2D eigenvalue weighted by Gasteiger charge is 2.49. The number of carbonyl (C=O) groups is 1. The van der Waals surface area contributed by atoms with Crippen LogP contribution in [0.3, 0.4) is 0 Å². The molecule has 0 unspecified atom stereocenters. The third kappa shape index (κ3) is 3.70. The lowest BCUT2D eigenvalue weighted by Crippen LogP contribution is -2.60. The van der Waals surface area contributed by atoms with Crippen molar-refractivity contribution in [3.05, 3.63) is 60.0 Å². The molecule has 0 aliphatic carbocycles. The van der Waals surface area contributed by atoms with Crippen molar-refractivity contribution in [1.82, 2.24) is 9.47 Å². The number of hydrogen-bond acceptors (Lipinski definition) is 9. The van der Waals surface area contributed by atoms with Gasteiger partial charge in [0.2, 0.25) is 6.29 Å². The van der Waals surface area contributed by atoms with Gasteiger partial charge in [-0.05, 0) is 31.5 Å². The molecule has 1 fully saturated rings. The summed E-state index contributed by atoms with van der Waals surface area (Å²) in [5.74, 6) is -0.893. The molecule has 0 radical (unpaired) electrons. The Morgan fingerprint density at radius 2 is 1.95 bits per heavy atom. The third-order valence-corrected chi connectivity index (χ3v) is 8.41. The first-order valence-corrected chi connectivity index (χ1v) is 12.7. The minimum Gasteiger partial charge on any atom is -0.471 e. The van der Waals surface area contributed by atoms with Crippen molar-refractivity contribution in [3.63, 3.8) is 0 Å². The molecule has 37 heavy (non-hydrogen) atoms. The topological polar surface area (TPSA) is 134 Å². The first-order valence-electron chi connectivity index (χ1n) is 12.7. The molecule has 0 bridgehead atoms. The second-order valence-electron chi connectivity index (χ2n) is 10.3. The SMILES string of the molecule is C=C[C@H]1[C@H](O[C@@H]2O[C@H](CO)[C@@H](O)[C@H](O)[C@H]2O)OC=C2C(=O)n3c4c(c5ccccc53)CCN(C)[C@@H]4C[C@H]21. The van der Waals surface area contributed by atoms with Crippen LogP contribution in [0.4, 0.5) is 0 Å². The van der Waals surface area contributed by atoms with Crippen LogP contribution in [0.25, 0.3) is 10.9 Å². The number of benzene rings is 1. The van der Waals surface area contributed by atoms with Gasteiger partial charge in [0.1, 0.15) is 24.4 Å². The summed E-state index contributed by atoms with van der Waals surface area (Å²) < 4.78 is 19.2. The molecule has 198 valence electrons. The fourth-order valence-electron chi connectivity index (χ4n) is 6.39. The van der Waals surface area contributed by atoms with E-state index in [-0.39, 0.29) is 17.9 Å². The highest BCUT2D eigenvalue weighted by molar-refractivity contribution is 6.04. The van der Waals surface area contributed by atoms with Crippen molar-refractivity contribution in [3.8, 4) is 0 Å². The molecule has 9 atom stereocenters. The second kappa shape index (κ2) is 9.32. The van der Waals surface area contributed by atoms with Crippen molar-refractivity contribution in [2.75, 3.05) is 20.2 Å². The van der Waals surface area contributed by atoms with Gasteiger partial charge in [-0.3, -0.25) is 14.3 Å². The van der Waals surface area contributed by atoms with Gasteiger partial charge in [-0.1, -0.05) is 24.3 Å². The number of ether oxygens (including phenoxy) is 3. The molecular weight excluding hydrogens is 480 g/mol. The van der Waals surface area contributed by atoms with Gasteiger partial charge in [0.15, 0.2) is 6.29 Å². The van der Waals surface area contributed by atoms with Crippen LogP contribution in [-0.2, 0) is 20.6 Å². The smallest absolute Gasteiger partial charge is 0.261 e. The van der Waals surface area contributed by atoms with E-state index in [2.05, 4.69) is 24.6 Å². The molecule has 6 rings (SSSR count). The molecular formula is C27H32N2O8. The number of aliphatic hydroxyl groups is 4. The average molecular weight is 513 g/mol. The van der Waals surface area contributed by atoms with E-state index in [1.54, 1.807) is 6.08 Å². The number of para-hydroxylation sites is 1. The van der Waals surface area contributed by atoms with Crippen LogP contribution in [0.5, 0.6) is 0 Å². The van der Waals surface area contributed by atoms with Gasteiger partial charge in [0.25, 0.3) is 5.91 Å². The predicted octanol–water partition coefficient (Wildman–Crippen LogP) is 0.689. The molecule has 4 aliphatic rings. The van der Waals surface area contributed by atoms with Crippen molar-refractivity contribution in [2.24, 2.45) is 11.8 Å². The van der Waals surface area contributed by atoms with E-state index >= 15 is 0 Å². The summed E-state index contributed by atoms with van der Waals surface area (Å²) >= 11 is 0. The van der Waals surface area contributed by atoms with E-state index in [1.807, 2.05) is 22.8 Å². The van der Waals surface area contributed by atoms with E-state index in [4.69, 9.17) is 14.2 Å². The maximum Gasteiger partial charge on any atom is 0.261 e. The van der Waals surface area contributed by atoms with Gasteiger partial charge in [-0.15, -0.1) is 6.58 Å². The molecule has 1 aromatic heterocycles. The second-order valence-corrected chi connectivity index (χ2v) is 10.3. The molecule has 0 amide bonds. The van der Waals surface area contributed by atoms with Crippen LogP contribution >= 0.6 is 0 Å². The Bertz CT molecular complexity index is 1250. The van der Waals surface area contributed by atoms with Crippen LogP contribution in [-0.4, -0.2) is 93.0 Å². The van der Waals surface area contributed by atoms with Crippen LogP contribution in [0.15, 0.2) is 48.8 Å². The summed E-state index contributed by atoms with van der Waals surface area (Å²) in [6.07, 6.45) is -3.45. The number of hydrogen-bond donors (Lipinski definition) is 4. The van der Waals surface area contributed by atoms with E-state index in [1.165, 1.54) is 11.8 Å². The van der Waals surface area contributed by atoms with Gasteiger partial charge < -0.3 is 34.6 Å². The van der Waals surface area contributed by atoms with Crippen molar-refractivity contribution in [2.45, 2.75) is 55.9 Å². The number of rotatable bonds is 4. The quantitative estimate of drug-likeness (QED) is 0.437. The molecule has 1 aromatic carbocycles. The molecule has 2 aromatic rings. The summed E-state index contributed by atoms with van der Waals surface area (Å²) in [7, 11) is 2.07. The number of allylic oxidation sites excluding steroid dienone is 1. The Hall–Kier alpha value is -2.57. The largest absolute Gasteiger partial charge is 0.471 e. The Balaban J connectivity index is 1.36. The summed E-state index contributed by atoms with van der Waals surface area (Å²) in [6, 6.07) is 7.97. The van der Waals surface area contributed by atoms with Crippen LogP contribution in [0.1, 0.15) is 28.5 Å². The van der Waals surface area contributed by atoms with Crippen LogP contribution in [0.2, 0.25) is 0 Å². The number of carbonyl (C=O) groups excluding carboxylic acids is 1. The monoisotopic (exact) mass is 512 g/mol. The molecule has 10 nitrogen and oxygen atoms in total. The van der Waals surface area contributed by atoms with Crippen molar-refractivity contribution < 1.29 is 39.4 Å². The fraction of sp³-hybridized carbons (Fsp3) is 0.519. The van der Waals surface area contributed by atoms with Gasteiger partial charge in [0.05, 0.1) is 30.0 Å². The zero-order valence-corrected chi connectivity index (χ0v) is 20.5. The Kier molecular flexibility index (Phi) is 6.23. The Morgan fingerprint density at radius 3 is 2.70 bits per heavy atom. The van der Waals surface area contributed by atoms with E-state index in [0.717, 1.165) is 29.6 Å². The maximum atomic E-state index is 14.0. The molecule has 4 N–H and O–H groups in total. The lowest BCUT2D eigenvalue weighted by Gasteiger charge is -2.43. The minimum absolute atomic E-state index is 0.00976. The molecule has 1 saturated heterocycles. The Labute approximate surface area is 214 Å². The highest BCUT2D eigenvalue weighted by atomic mass is 16.8. The predicted molar refractivity (Wildman–Crippen MR) is 131 cm³/mol. The number of aromatic nitrogens is 1. The minimum atomic E-state index is -1.57. The number of fused-ring (bicyclic) bond motifs is 4. The lowest BCUT2D eigenvalue weighted by atomic mass is 9.78. The number of nitrogens with zero attached hydrogens (tertiary/aromatic N) is 2. The van der Waals surface area contributed by atoms with Crippen molar-refractivity contribution >= 4 is 16.8 Å². The number of likely N-dealkylation sites (N-methyl/N-ethyl adjacent to an activating group) is 1. The highest BCUT2D eigenvalue weighted by Crippen LogP contribution is 2.48. The van der Waals surface area contributed by atoms with Gasteiger partial charge in [-0.25, -0.2) is 0 Å². The fourth-order valence-corrected chi connectivity index (χ4v) is 6.39. The standard InChI is InChI=1S/C27H32N2O8/c1-3-13-16-10-19-21-15(8-9-28(19)2)14-6-4-5-7-18(14)29(21)25(34)17(16)12-35-26(13)37-27-24(33)23(32)22(31)20(11-30)36-27/h3-7,12-13,16,19-20,22-24,26-27,30-33H,1,8-11H2,2H3/t13-,16+,19-,20-,22-,23+,24-,26+,27+/m1/s1. The Morgan fingerprint density at radius 1 is 1.16 bits per heavy atom.